The molecule has 1 N–H and O–H groups in total. The summed E-state index contributed by atoms with van der Waals surface area (Å²) in [5, 5.41) is 10.2. The van der Waals surface area contributed by atoms with E-state index in [0.29, 0.717) is 23.4 Å². The molecule has 0 aliphatic rings. The molecule has 0 radical (unpaired) electrons. The minimum atomic E-state index is -0.907. The van der Waals surface area contributed by atoms with E-state index in [2.05, 4.69) is 6.58 Å². The Labute approximate surface area is 157 Å². The topological polar surface area (TPSA) is 85.6 Å². The second kappa shape index (κ2) is 8.60. The molecule has 2 rings (SSSR count). The van der Waals surface area contributed by atoms with Crippen molar-refractivity contribution in [3.05, 3.63) is 47.2 Å². The molecule has 0 spiro atoms. The Morgan fingerprint density at radius 3 is 2.52 bits per heavy atom. The molecule has 0 aliphatic carbocycles. The van der Waals surface area contributed by atoms with Gasteiger partial charge in [0.25, 0.3) is 5.78 Å². The minimum Gasteiger partial charge on any atom is -0.460 e. The van der Waals surface area contributed by atoms with Gasteiger partial charge in [-0.05, 0) is 51.1 Å². The predicted molar refractivity (Wildman–Crippen MR) is 104 cm³/mol. The predicted octanol–water partition coefficient (Wildman–Crippen LogP) is 3.01. The number of carbonyl (C=O) groups is 3. The summed E-state index contributed by atoms with van der Waals surface area (Å²) >= 11 is 0. The largest absolute Gasteiger partial charge is 0.460 e. The number of aliphatic hydroxyl groups is 1. The summed E-state index contributed by atoms with van der Waals surface area (Å²) in [5.41, 5.74) is 2.89. The molecule has 1 aromatic carbocycles. The Bertz CT molecular complexity index is 949. The van der Waals surface area contributed by atoms with E-state index >= 15 is 0 Å². The van der Waals surface area contributed by atoms with Gasteiger partial charge >= 0.3 is 5.97 Å². The lowest BCUT2D eigenvalue weighted by atomic mass is 10.0. The third-order valence-electron chi connectivity index (χ3n) is 4.25. The van der Waals surface area contributed by atoms with E-state index < -0.39 is 11.8 Å². The highest BCUT2D eigenvalue weighted by atomic mass is 16.5. The summed E-state index contributed by atoms with van der Waals surface area (Å²) in [6.07, 6.45) is 3.22. The molecule has 6 nitrogen and oxygen atoms in total. The maximum Gasteiger partial charge on any atom is 0.379 e. The molecule has 0 saturated carbocycles. The van der Waals surface area contributed by atoms with Crippen molar-refractivity contribution in [3.63, 3.8) is 0 Å². The average molecular weight is 369 g/mol. The first-order valence-corrected chi connectivity index (χ1v) is 8.65. The third kappa shape index (κ3) is 4.06. The van der Waals surface area contributed by atoms with Crippen LogP contribution >= 0.6 is 0 Å². The molecule has 1 aromatic heterocycles. The van der Waals surface area contributed by atoms with Crippen molar-refractivity contribution in [2.24, 2.45) is 0 Å². The molecule has 6 heteroatoms. The van der Waals surface area contributed by atoms with Crippen LogP contribution in [-0.2, 0) is 20.9 Å². The van der Waals surface area contributed by atoms with Crippen LogP contribution in [-0.4, -0.2) is 40.4 Å². The normalized spacial score (nSPS) is 11.5. The van der Waals surface area contributed by atoms with Crippen LogP contribution < -0.4 is 0 Å². The summed E-state index contributed by atoms with van der Waals surface area (Å²) in [7, 11) is 0. The Hall–Kier alpha value is -2.99. The number of aliphatic hydroxyl groups excluding tert-OH is 1. The van der Waals surface area contributed by atoms with Crippen LogP contribution in [0.4, 0.5) is 0 Å². The van der Waals surface area contributed by atoms with Crippen molar-refractivity contribution in [1.82, 2.24) is 4.57 Å². The van der Waals surface area contributed by atoms with E-state index in [0.717, 1.165) is 10.9 Å². The van der Waals surface area contributed by atoms with Gasteiger partial charge < -0.3 is 14.4 Å². The molecule has 0 atom stereocenters. The quantitative estimate of drug-likeness (QED) is 0.335. The number of benzene rings is 1. The number of ketones is 2. The second-order valence-electron chi connectivity index (χ2n) is 6.04. The van der Waals surface area contributed by atoms with E-state index in [1.54, 1.807) is 37.3 Å². The molecule has 0 aliphatic heterocycles. The molecule has 0 saturated heterocycles. The molecule has 0 amide bonds. The van der Waals surface area contributed by atoms with Crippen molar-refractivity contribution in [2.75, 3.05) is 13.2 Å². The number of Topliss-reactive ketones (excluding diaryl/α,β-unsaturated/α-hetero) is 2. The number of ether oxygens (including phenoxy) is 1. The lowest BCUT2D eigenvalue weighted by Gasteiger charge is -2.06. The molecule has 142 valence electrons. The molecule has 27 heavy (non-hydrogen) atoms. The molecule has 2 aromatic rings. The summed E-state index contributed by atoms with van der Waals surface area (Å²) in [6.45, 7) is 8.84. The Morgan fingerprint density at radius 2 is 1.96 bits per heavy atom. The van der Waals surface area contributed by atoms with Gasteiger partial charge in [-0.25, -0.2) is 4.79 Å². The Balaban J connectivity index is 2.72. The van der Waals surface area contributed by atoms with Gasteiger partial charge in [-0.2, -0.15) is 0 Å². The SMILES string of the molecule is C=Cc1c(/C=C(\C)C(=O)C(=O)OCC)c2cc(C(C)=O)ccc2n1CCO. The number of rotatable bonds is 8. The van der Waals surface area contributed by atoms with Gasteiger partial charge in [0.1, 0.15) is 0 Å². The molecule has 0 bridgehead atoms. The van der Waals surface area contributed by atoms with Crippen LogP contribution in [0.25, 0.3) is 23.1 Å². The van der Waals surface area contributed by atoms with Gasteiger partial charge in [0.05, 0.1) is 13.2 Å². The van der Waals surface area contributed by atoms with Crippen LogP contribution in [0.15, 0.2) is 30.4 Å². The van der Waals surface area contributed by atoms with Gasteiger partial charge in [-0.3, -0.25) is 9.59 Å². The van der Waals surface area contributed by atoms with Crippen LogP contribution in [0, 0.1) is 0 Å². The zero-order valence-corrected chi connectivity index (χ0v) is 15.7. The zero-order chi connectivity index (χ0) is 20.1. The standard InChI is InChI=1S/C21H23NO5/c1-5-18-16(11-13(3)20(25)21(26)27-6-2)17-12-15(14(4)24)7-8-19(17)22(18)9-10-23/h5,7-8,11-12,23H,1,6,9-10H2,2-4H3/b13-11+. The van der Waals surface area contributed by atoms with E-state index in [9.17, 15) is 19.5 Å². The summed E-state index contributed by atoms with van der Waals surface area (Å²) < 4.78 is 6.63. The zero-order valence-electron chi connectivity index (χ0n) is 15.7. The highest BCUT2D eigenvalue weighted by Crippen LogP contribution is 2.30. The highest BCUT2D eigenvalue weighted by molar-refractivity contribution is 6.41. The smallest absolute Gasteiger partial charge is 0.379 e. The fourth-order valence-corrected chi connectivity index (χ4v) is 2.97. The first kappa shape index (κ1) is 20.3. The lowest BCUT2D eigenvalue weighted by Crippen LogP contribution is -2.18. The van der Waals surface area contributed by atoms with E-state index in [1.165, 1.54) is 13.8 Å². The van der Waals surface area contributed by atoms with Crippen LogP contribution in [0.1, 0.15) is 42.4 Å². The molecule has 1 heterocycles. The number of carbonyl (C=O) groups excluding carboxylic acids is 3. The molecule has 0 unspecified atom stereocenters. The van der Waals surface area contributed by atoms with Crippen molar-refractivity contribution in [2.45, 2.75) is 27.3 Å². The number of hydrogen-bond donors (Lipinski definition) is 1. The summed E-state index contributed by atoms with van der Waals surface area (Å²) in [5.74, 6) is -1.71. The summed E-state index contributed by atoms with van der Waals surface area (Å²) in [4.78, 5) is 35.7. The number of esters is 1. The molecular formula is C21H23NO5. The molecular weight excluding hydrogens is 346 g/mol. The van der Waals surface area contributed by atoms with E-state index in [1.807, 2.05) is 4.57 Å². The van der Waals surface area contributed by atoms with Gasteiger partial charge in [-0.1, -0.05) is 6.58 Å². The minimum absolute atomic E-state index is 0.0804. The van der Waals surface area contributed by atoms with Crippen molar-refractivity contribution >= 4 is 40.6 Å². The van der Waals surface area contributed by atoms with E-state index in [4.69, 9.17) is 4.74 Å². The first-order chi connectivity index (χ1) is 12.8. The van der Waals surface area contributed by atoms with Gasteiger partial charge in [0.15, 0.2) is 5.78 Å². The van der Waals surface area contributed by atoms with Crippen LogP contribution in [0.2, 0.25) is 0 Å². The van der Waals surface area contributed by atoms with Crippen molar-refractivity contribution in [1.29, 1.82) is 0 Å². The Kier molecular flexibility index (Phi) is 6.47. The van der Waals surface area contributed by atoms with E-state index in [-0.39, 0.29) is 24.6 Å². The Morgan fingerprint density at radius 1 is 1.26 bits per heavy atom. The molecule has 0 fully saturated rings. The highest BCUT2D eigenvalue weighted by Gasteiger charge is 2.20. The number of nitrogens with zero attached hydrogens (tertiary/aromatic N) is 1. The monoisotopic (exact) mass is 369 g/mol. The fraction of sp³-hybridized carbons (Fsp3) is 0.286. The number of hydrogen-bond acceptors (Lipinski definition) is 5. The van der Waals surface area contributed by atoms with Gasteiger partial charge in [0.2, 0.25) is 0 Å². The fourth-order valence-electron chi connectivity index (χ4n) is 2.97. The number of fused-ring (bicyclic) bond motifs is 1. The maximum atomic E-state index is 12.2. The maximum absolute atomic E-state index is 12.2. The third-order valence-corrected chi connectivity index (χ3v) is 4.25. The second-order valence-corrected chi connectivity index (χ2v) is 6.04. The lowest BCUT2D eigenvalue weighted by molar-refractivity contribution is -0.151. The van der Waals surface area contributed by atoms with Crippen LogP contribution in [0.5, 0.6) is 0 Å². The average Bonchev–Trinajstić information content (AvgIpc) is 2.93. The van der Waals surface area contributed by atoms with Gasteiger partial charge in [0, 0.05) is 39.8 Å². The van der Waals surface area contributed by atoms with Crippen LogP contribution in [0.3, 0.4) is 0 Å². The number of aromatic nitrogens is 1. The van der Waals surface area contributed by atoms with Crippen molar-refractivity contribution < 1.29 is 24.2 Å². The van der Waals surface area contributed by atoms with Gasteiger partial charge in [-0.15, -0.1) is 0 Å². The summed E-state index contributed by atoms with van der Waals surface area (Å²) in [6, 6.07) is 5.26. The first-order valence-electron chi connectivity index (χ1n) is 8.65. The van der Waals surface area contributed by atoms with Crippen molar-refractivity contribution in [3.8, 4) is 0 Å².